The Labute approximate surface area is 204 Å². The van der Waals surface area contributed by atoms with Gasteiger partial charge < -0.3 is 14.8 Å². The summed E-state index contributed by atoms with van der Waals surface area (Å²) in [6, 6.07) is 10.7. The number of pyridine rings is 1. The van der Waals surface area contributed by atoms with Crippen LogP contribution in [0.4, 0.5) is 24.0 Å². The van der Waals surface area contributed by atoms with Gasteiger partial charge in [-0.1, -0.05) is 0 Å². The largest absolute Gasteiger partial charge is 0.465 e. The van der Waals surface area contributed by atoms with Crippen molar-refractivity contribution in [2.75, 3.05) is 18.7 Å². The summed E-state index contributed by atoms with van der Waals surface area (Å²) in [5, 5.41) is 5.76. The van der Waals surface area contributed by atoms with Gasteiger partial charge in [0.25, 0.3) is 0 Å². The molecule has 0 atom stereocenters. The van der Waals surface area contributed by atoms with Crippen LogP contribution in [-0.4, -0.2) is 29.3 Å². The molecule has 0 aliphatic heterocycles. The number of thiophene rings is 1. The molecule has 0 aliphatic rings. The van der Waals surface area contributed by atoms with Crippen LogP contribution in [0.5, 0.6) is 11.6 Å². The first-order valence-electron chi connectivity index (χ1n) is 9.57. The maximum absolute atomic E-state index is 12.6. The summed E-state index contributed by atoms with van der Waals surface area (Å²) < 4.78 is 49.2. The highest BCUT2D eigenvalue weighted by Gasteiger charge is 2.30. The number of nitrogens with one attached hydrogen (secondary N) is 1. The number of thioether (sulfide) groups is 1. The SMILES string of the molecule is COC(=O)c1cc(-c2csc(Nc3ccc(Oc4ccc(C(F)(F)F)cn4)cc3)n2)c(SC)s1. The van der Waals surface area contributed by atoms with Crippen LogP contribution < -0.4 is 10.1 Å². The fraction of sp³-hybridized carbons (Fsp3) is 0.136. The zero-order valence-electron chi connectivity index (χ0n) is 17.7. The van der Waals surface area contributed by atoms with E-state index in [1.165, 1.54) is 47.6 Å². The lowest BCUT2D eigenvalue weighted by molar-refractivity contribution is -0.137. The van der Waals surface area contributed by atoms with Gasteiger partial charge in [-0.25, -0.2) is 14.8 Å². The molecule has 0 saturated carbocycles. The number of methoxy groups -OCH3 is 1. The lowest BCUT2D eigenvalue weighted by Crippen LogP contribution is -2.05. The van der Waals surface area contributed by atoms with E-state index in [9.17, 15) is 18.0 Å². The summed E-state index contributed by atoms with van der Waals surface area (Å²) in [5.41, 5.74) is 1.53. The van der Waals surface area contributed by atoms with E-state index in [0.29, 0.717) is 15.8 Å². The van der Waals surface area contributed by atoms with Crippen molar-refractivity contribution in [2.45, 2.75) is 10.4 Å². The van der Waals surface area contributed by atoms with Crippen molar-refractivity contribution >= 4 is 51.2 Å². The number of carbonyl (C=O) groups is 1. The predicted octanol–water partition coefficient (Wildman–Crippen LogP) is 7.33. The molecule has 0 unspecified atom stereocenters. The number of aromatic nitrogens is 2. The first-order chi connectivity index (χ1) is 16.3. The third kappa shape index (κ3) is 5.51. The van der Waals surface area contributed by atoms with Gasteiger partial charge in [0.05, 0.1) is 22.6 Å². The van der Waals surface area contributed by atoms with Gasteiger partial charge in [0.2, 0.25) is 5.88 Å². The zero-order valence-corrected chi connectivity index (χ0v) is 20.1. The van der Waals surface area contributed by atoms with Crippen molar-refractivity contribution < 1.29 is 27.4 Å². The molecule has 0 saturated heterocycles. The third-order valence-electron chi connectivity index (χ3n) is 4.44. The Bertz CT molecular complexity index is 1290. The van der Waals surface area contributed by atoms with Crippen LogP contribution in [-0.2, 0) is 10.9 Å². The Morgan fingerprint density at radius 2 is 1.91 bits per heavy atom. The Morgan fingerprint density at radius 1 is 1.15 bits per heavy atom. The average molecular weight is 524 g/mol. The van der Waals surface area contributed by atoms with E-state index in [0.717, 1.165) is 33.4 Å². The van der Waals surface area contributed by atoms with E-state index in [4.69, 9.17) is 9.47 Å². The van der Waals surface area contributed by atoms with E-state index in [2.05, 4.69) is 15.3 Å². The minimum Gasteiger partial charge on any atom is -0.465 e. The topological polar surface area (TPSA) is 73.3 Å². The van der Waals surface area contributed by atoms with Crippen LogP contribution >= 0.6 is 34.4 Å². The molecule has 1 N–H and O–H groups in total. The number of hydrogen-bond donors (Lipinski definition) is 1. The van der Waals surface area contributed by atoms with Gasteiger partial charge in [-0.15, -0.1) is 34.4 Å². The highest BCUT2D eigenvalue weighted by molar-refractivity contribution is 8.00. The standard InChI is InChI=1S/C22H16F3N3O3S3/c1-30-19(29)17-9-15(20(32-2)34-17)16-11-33-21(28-16)27-13-4-6-14(7-5-13)31-18-8-3-12(10-26-18)22(23,24)25/h3-11H,1-2H3,(H,27,28). The van der Waals surface area contributed by atoms with Crippen molar-refractivity contribution in [1.29, 1.82) is 0 Å². The number of halogens is 3. The molecule has 1 aromatic carbocycles. The number of carbonyl (C=O) groups excluding carboxylic acids is 1. The van der Waals surface area contributed by atoms with Crippen LogP contribution in [0.2, 0.25) is 0 Å². The Balaban J connectivity index is 1.43. The molecule has 176 valence electrons. The molecule has 0 spiro atoms. The van der Waals surface area contributed by atoms with Crippen LogP contribution in [0.25, 0.3) is 11.3 Å². The molecule has 0 aliphatic carbocycles. The molecule has 0 bridgehead atoms. The summed E-state index contributed by atoms with van der Waals surface area (Å²) in [6.07, 6.45) is -1.78. The summed E-state index contributed by atoms with van der Waals surface area (Å²) in [4.78, 5) is 20.7. The quantitative estimate of drug-likeness (QED) is 0.201. The molecule has 3 heterocycles. The fourth-order valence-corrected chi connectivity index (χ4v) is 5.35. The highest BCUT2D eigenvalue weighted by Crippen LogP contribution is 2.39. The number of alkyl halides is 3. The van der Waals surface area contributed by atoms with E-state index < -0.39 is 11.7 Å². The minimum atomic E-state index is -4.45. The first-order valence-corrected chi connectivity index (χ1v) is 12.5. The Morgan fingerprint density at radius 3 is 2.53 bits per heavy atom. The molecular weight excluding hydrogens is 507 g/mol. The van der Waals surface area contributed by atoms with Gasteiger partial charge in [0.1, 0.15) is 10.6 Å². The normalized spacial score (nSPS) is 11.3. The number of thiazole rings is 1. The number of nitrogens with zero attached hydrogens (tertiary/aromatic N) is 2. The Kier molecular flexibility index (Phi) is 7.10. The molecule has 0 amide bonds. The predicted molar refractivity (Wildman–Crippen MR) is 128 cm³/mol. The van der Waals surface area contributed by atoms with E-state index >= 15 is 0 Å². The van der Waals surface area contributed by atoms with Gasteiger partial charge in [-0.05, 0) is 42.7 Å². The molecular formula is C22H16F3N3O3S3. The van der Waals surface area contributed by atoms with Crippen molar-refractivity contribution in [3.63, 3.8) is 0 Å². The summed E-state index contributed by atoms with van der Waals surface area (Å²) in [5.74, 6) is 0.106. The smallest absolute Gasteiger partial charge is 0.417 e. The van der Waals surface area contributed by atoms with Crippen LogP contribution in [0, 0.1) is 0 Å². The third-order valence-corrected chi connectivity index (χ3v) is 7.45. The van der Waals surface area contributed by atoms with Crippen molar-refractivity contribution in [3.8, 4) is 22.9 Å². The highest BCUT2D eigenvalue weighted by atomic mass is 32.2. The molecule has 4 rings (SSSR count). The van der Waals surface area contributed by atoms with Crippen LogP contribution in [0.15, 0.2) is 58.3 Å². The summed E-state index contributed by atoms with van der Waals surface area (Å²) >= 11 is 4.31. The van der Waals surface area contributed by atoms with Gasteiger partial charge in [0, 0.05) is 28.9 Å². The summed E-state index contributed by atoms with van der Waals surface area (Å²) in [6.45, 7) is 0. The number of anilines is 2. The van der Waals surface area contributed by atoms with E-state index in [-0.39, 0.29) is 11.8 Å². The maximum atomic E-state index is 12.6. The lowest BCUT2D eigenvalue weighted by atomic mass is 10.2. The monoisotopic (exact) mass is 523 g/mol. The van der Waals surface area contributed by atoms with Gasteiger partial charge in [-0.2, -0.15) is 13.2 Å². The zero-order chi connectivity index (χ0) is 24.3. The van der Waals surface area contributed by atoms with Gasteiger partial charge in [-0.3, -0.25) is 0 Å². The van der Waals surface area contributed by atoms with Crippen LogP contribution in [0.1, 0.15) is 15.2 Å². The lowest BCUT2D eigenvalue weighted by Gasteiger charge is -2.08. The number of esters is 1. The maximum Gasteiger partial charge on any atom is 0.417 e. The average Bonchev–Trinajstić information content (AvgIpc) is 3.46. The van der Waals surface area contributed by atoms with Gasteiger partial charge >= 0.3 is 12.1 Å². The number of benzene rings is 1. The fourth-order valence-electron chi connectivity index (χ4n) is 2.82. The van der Waals surface area contributed by atoms with Crippen LogP contribution in [0.3, 0.4) is 0 Å². The summed E-state index contributed by atoms with van der Waals surface area (Å²) in [7, 11) is 1.35. The molecule has 4 aromatic rings. The number of ether oxygens (including phenoxy) is 2. The molecule has 3 aromatic heterocycles. The minimum absolute atomic E-state index is 0.0601. The Hall–Kier alpha value is -3.09. The molecule has 6 nitrogen and oxygen atoms in total. The second kappa shape index (κ2) is 10.0. The second-order valence-electron chi connectivity index (χ2n) is 6.68. The van der Waals surface area contributed by atoms with Crippen molar-refractivity contribution in [3.05, 3.63) is 64.5 Å². The van der Waals surface area contributed by atoms with Gasteiger partial charge in [0.15, 0.2) is 5.13 Å². The first kappa shape index (κ1) is 24.0. The molecule has 0 fully saturated rings. The van der Waals surface area contributed by atoms with E-state index in [1.54, 1.807) is 30.3 Å². The number of hydrogen-bond acceptors (Lipinski definition) is 9. The van der Waals surface area contributed by atoms with Crippen molar-refractivity contribution in [1.82, 2.24) is 9.97 Å². The van der Waals surface area contributed by atoms with Crippen molar-refractivity contribution in [2.24, 2.45) is 0 Å². The molecule has 12 heteroatoms. The molecule has 0 radical (unpaired) electrons. The molecule has 34 heavy (non-hydrogen) atoms. The number of rotatable bonds is 7. The van der Waals surface area contributed by atoms with E-state index in [1.807, 2.05) is 11.6 Å². The second-order valence-corrected chi connectivity index (χ2v) is 9.66.